The molecule has 0 aliphatic rings. The minimum atomic E-state index is -4.16. The van der Waals surface area contributed by atoms with Crippen molar-refractivity contribution in [3.05, 3.63) is 77.8 Å². The van der Waals surface area contributed by atoms with Crippen LogP contribution in [0.5, 0.6) is 5.88 Å². The lowest BCUT2D eigenvalue weighted by molar-refractivity contribution is 0.103. The van der Waals surface area contributed by atoms with E-state index in [2.05, 4.69) is 19.7 Å². The van der Waals surface area contributed by atoms with Crippen molar-refractivity contribution in [3.8, 4) is 5.88 Å². The summed E-state index contributed by atoms with van der Waals surface area (Å²) in [6.45, 7) is 0. The first kappa shape index (κ1) is 20.4. The largest absolute Gasteiger partial charge is 0.480 e. The van der Waals surface area contributed by atoms with Crippen molar-refractivity contribution >= 4 is 32.5 Å². The van der Waals surface area contributed by atoms with Crippen molar-refractivity contribution in [2.24, 2.45) is 0 Å². The van der Waals surface area contributed by atoms with Crippen LogP contribution in [0.4, 0.5) is 14.5 Å². The summed E-state index contributed by atoms with van der Waals surface area (Å²) in [5.74, 6) is -3.50. The molecule has 0 fully saturated rings. The number of hydrogen-bond acceptors (Lipinski definition) is 6. The van der Waals surface area contributed by atoms with Crippen molar-refractivity contribution in [1.29, 1.82) is 0 Å². The number of rotatable bonds is 6. The van der Waals surface area contributed by atoms with Crippen LogP contribution < -0.4 is 9.46 Å². The van der Waals surface area contributed by atoms with Gasteiger partial charge >= 0.3 is 0 Å². The molecule has 0 amide bonds. The van der Waals surface area contributed by atoms with E-state index in [1.807, 2.05) is 0 Å². The lowest BCUT2D eigenvalue weighted by Crippen LogP contribution is -2.16. The maximum absolute atomic E-state index is 15.1. The first-order valence-corrected chi connectivity index (χ1v) is 10.3. The molecule has 158 valence electrons. The summed E-state index contributed by atoms with van der Waals surface area (Å²) in [6.07, 6.45) is 2.43. The van der Waals surface area contributed by atoms with Gasteiger partial charge in [0.15, 0.2) is 5.82 Å². The number of aromatic nitrogens is 3. The van der Waals surface area contributed by atoms with Crippen molar-refractivity contribution in [3.63, 3.8) is 0 Å². The number of H-pyrrole nitrogens is 1. The summed E-state index contributed by atoms with van der Waals surface area (Å²) in [5.41, 5.74) is -1.40. The Kier molecular flexibility index (Phi) is 5.11. The second-order valence-electron chi connectivity index (χ2n) is 6.34. The number of methoxy groups -OCH3 is 1. The number of carbonyl (C=O) groups is 1. The highest BCUT2D eigenvalue weighted by Crippen LogP contribution is 2.30. The smallest absolute Gasteiger partial charge is 0.261 e. The second kappa shape index (κ2) is 7.76. The monoisotopic (exact) mass is 444 g/mol. The zero-order valence-electron chi connectivity index (χ0n) is 15.9. The fraction of sp³-hybridized carbons (Fsp3) is 0.0500. The van der Waals surface area contributed by atoms with Gasteiger partial charge in [0.05, 0.1) is 34.2 Å². The molecule has 0 radical (unpaired) electrons. The number of anilines is 1. The molecule has 2 N–H and O–H groups in total. The summed E-state index contributed by atoms with van der Waals surface area (Å²) < 4.78 is 61.8. The minimum absolute atomic E-state index is 0.0383. The molecule has 0 bridgehead atoms. The Hall–Kier alpha value is -3.86. The van der Waals surface area contributed by atoms with Crippen LogP contribution in [-0.4, -0.2) is 36.3 Å². The van der Waals surface area contributed by atoms with Crippen LogP contribution in [-0.2, 0) is 10.0 Å². The molecule has 0 unspecified atom stereocenters. The number of benzene rings is 2. The SMILES string of the molecule is COc1ncnc2[nH]cc(C(=O)c3c(F)ccc(NS(=O)(=O)c4ccccc4)c3F)c12. The van der Waals surface area contributed by atoms with Crippen LogP contribution in [0.25, 0.3) is 11.0 Å². The van der Waals surface area contributed by atoms with E-state index in [9.17, 15) is 17.6 Å². The van der Waals surface area contributed by atoms with Gasteiger partial charge in [-0.3, -0.25) is 9.52 Å². The molecule has 2 aromatic heterocycles. The number of ketones is 1. The van der Waals surface area contributed by atoms with Crippen LogP contribution in [0.15, 0.2) is 59.9 Å². The Labute approximate surface area is 175 Å². The quantitative estimate of drug-likeness (QED) is 0.441. The lowest BCUT2D eigenvalue weighted by Gasteiger charge is -2.12. The Bertz CT molecular complexity index is 1410. The predicted octanol–water partition coefficient (Wildman–Crippen LogP) is 3.28. The molecule has 8 nitrogen and oxygen atoms in total. The Morgan fingerprint density at radius 2 is 1.84 bits per heavy atom. The van der Waals surface area contributed by atoms with Crippen LogP contribution in [0, 0.1) is 11.6 Å². The van der Waals surface area contributed by atoms with Gasteiger partial charge < -0.3 is 9.72 Å². The number of nitrogens with one attached hydrogen (secondary N) is 2. The third kappa shape index (κ3) is 3.59. The van der Waals surface area contributed by atoms with E-state index in [4.69, 9.17) is 4.74 Å². The van der Waals surface area contributed by atoms with Gasteiger partial charge in [-0.1, -0.05) is 18.2 Å². The van der Waals surface area contributed by atoms with E-state index >= 15 is 4.39 Å². The van der Waals surface area contributed by atoms with Crippen LogP contribution in [0.1, 0.15) is 15.9 Å². The molecule has 2 aromatic carbocycles. The van der Waals surface area contributed by atoms with E-state index < -0.39 is 38.7 Å². The van der Waals surface area contributed by atoms with E-state index in [0.717, 1.165) is 12.1 Å². The van der Waals surface area contributed by atoms with E-state index in [-0.39, 0.29) is 27.4 Å². The third-order valence-corrected chi connectivity index (χ3v) is 5.87. The molecule has 0 saturated heterocycles. The van der Waals surface area contributed by atoms with Gasteiger partial charge in [0.2, 0.25) is 11.7 Å². The number of halogens is 2. The van der Waals surface area contributed by atoms with Gasteiger partial charge in [-0.25, -0.2) is 27.2 Å². The number of nitrogens with zero attached hydrogens (tertiary/aromatic N) is 2. The van der Waals surface area contributed by atoms with Crippen molar-refractivity contribution in [1.82, 2.24) is 15.0 Å². The van der Waals surface area contributed by atoms with Gasteiger partial charge in [0.25, 0.3) is 10.0 Å². The highest BCUT2D eigenvalue weighted by molar-refractivity contribution is 7.92. The van der Waals surface area contributed by atoms with Crippen molar-refractivity contribution < 1.29 is 26.7 Å². The zero-order valence-corrected chi connectivity index (χ0v) is 16.7. The Morgan fingerprint density at radius 3 is 2.55 bits per heavy atom. The van der Waals surface area contributed by atoms with Crippen LogP contribution in [0.2, 0.25) is 0 Å². The standard InChI is InChI=1S/C20H14F2N4O4S/c1-30-20-15-12(9-23-19(15)24-10-25-20)18(27)16-13(21)7-8-14(17(16)22)26-31(28,29)11-5-3-2-4-6-11/h2-10,26H,1H3,(H,23,24,25). The highest BCUT2D eigenvalue weighted by Gasteiger charge is 2.27. The summed E-state index contributed by atoms with van der Waals surface area (Å²) in [5, 5.41) is 0.143. The lowest BCUT2D eigenvalue weighted by atomic mass is 10.0. The molecule has 2 heterocycles. The molecule has 0 aliphatic carbocycles. The first-order chi connectivity index (χ1) is 14.8. The highest BCUT2D eigenvalue weighted by atomic mass is 32.2. The second-order valence-corrected chi connectivity index (χ2v) is 8.02. The predicted molar refractivity (Wildman–Crippen MR) is 107 cm³/mol. The van der Waals surface area contributed by atoms with E-state index in [0.29, 0.717) is 0 Å². The summed E-state index contributed by atoms with van der Waals surface area (Å²) in [4.78, 5) is 23.5. The molecular formula is C20H14F2N4O4S. The van der Waals surface area contributed by atoms with Gasteiger partial charge in [0, 0.05) is 6.20 Å². The molecular weight excluding hydrogens is 430 g/mol. The normalized spacial score (nSPS) is 11.5. The van der Waals surface area contributed by atoms with Gasteiger partial charge in [-0.2, -0.15) is 0 Å². The zero-order chi connectivity index (χ0) is 22.2. The molecule has 11 heteroatoms. The van der Waals surface area contributed by atoms with Crippen LogP contribution in [0.3, 0.4) is 0 Å². The number of ether oxygens (including phenoxy) is 1. The summed E-state index contributed by atoms with van der Waals surface area (Å²) >= 11 is 0. The molecule has 0 saturated carbocycles. The minimum Gasteiger partial charge on any atom is -0.480 e. The number of fused-ring (bicyclic) bond motifs is 1. The van der Waals surface area contributed by atoms with Crippen molar-refractivity contribution in [2.45, 2.75) is 4.90 Å². The molecule has 0 aliphatic heterocycles. The van der Waals surface area contributed by atoms with Gasteiger partial charge in [-0.15, -0.1) is 0 Å². The molecule has 0 spiro atoms. The van der Waals surface area contributed by atoms with E-state index in [1.54, 1.807) is 6.07 Å². The number of carbonyl (C=O) groups excluding carboxylic acids is 1. The van der Waals surface area contributed by atoms with E-state index in [1.165, 1.54) is 43.9 Å². The average molecular weight is 444 g/mol. The average Bonchev–Trinajstić information content (AvgIpc) is 3.21. The maximum atomic E-state index is 15.1. The molecule has 31 heavy (non-hydrogen) atoms. The number of aromatic amines is 1. The first-order valence-electron chi connectivity index (χ1n) is 8.80. The Morgan fingerprint density at radius 1 is 1.10 bits per heavy atom. The Balaban J connectivity index is 1.80. The number of hydrogen-bond donors (Lipinski definition) is 2. The number of sulfonamides is 1. The summed E-state index contributed by atoms with van der Waals surface area (Å²) in [7, 11) is -2.84. The van der Waals surface area contributed by atoms with Gasteiger partial charge in [-0.05, 0) is 24.3 Å². The summed E-state index contributed by atoms with van der Waals surface area (Å²) in [6, 6.07) is 8.95. The van der Waals surface area contributed by atoms with Gasteiger partial charge in [0.1, 0.15) is 17.8 Å². The van der Waals surface area contributed by atoms with Crippen molar-refractivity contribution in [2.75, 3.05) is 11.8 Å². The fourth-order valence-corrected chi connectivity index (χ4v) is 4.13. The topological polar surface area (TPSA) is 114 Å². The molecule has 4 aromatic rings. The molecule has 4 rings (SSSR count). The molecule has 0 atom stereocenters. The van der Waals surface area contributed by atoms with Crippen LogP contribution >= 0.6 is 0 Å². The third-order valence-electron chi connectivity index (χ3n) is 4.49. The maximum Gasteiger partial charge on any atom is 0.261 e. The fourth-order valence-electron chi connectivity index (χ4n) is 3.05.